The van der Waals surface area contributed by atoms with Gasteiger partial charge in [-0.15, -0.1) is 0 Å². The van der Waals surface area contributed by atoms with Crippen molar-refractivity contribution in [1.82, 2.24) is 15.0 Å². The molecule has 0 fully saturated rings. The molecule has 0 aliphatic heterocycles. The SMILES string of the molecule is CC1(C)c2ccccc2-c2cc(-c3nc(-c4ccc5c(c4)-c4ccccc4C5(C)C)nc(N(c4cccc5c4-c4ccccc4C5(C)C)c4cccc5c4-c4ccccc4C5(C)C)n3)ccc21. The second-order valence-corrected chi connectivity index (χ2v) is 21.2. The molecule has 0 amide bonds. The predicted molar refractivity (Wildman–Crippen MR) is 276 cm³/mol. The molecule has 0 bridgehead atoms. The molecule has 0 N–H and O–H groups in total. The number of hydrogen-bond donors (Lipinski definition) is 0. The van der Waals surface area contributed by atoms with Crippen molar-refractivity contribution in [1.29, 1.82) is 0 Å². The average Bonchev–Trinajstić information content (AvgIpc) is 3.92. The van der Waals surface area contributed by atoms with Crippen molar-refractivity contribution in [3.05, 3.63) is 214 Å². The average molecular weight is 865 g/mol. The zero-order chi connectivity index (χ0) is 45.8. The summed E-state index contributed by atoms with van der Waals surface area (Å²) < 4.78 is 0. The van der Waals surface area contributed by atoms with Crippen LogP contribution in [0.1, 0.15) is 99.9 Å². The number of aromatic nitrogens is 3. The summed E-state index contributed by atoms with van der Waals surface area (Å²) in [5.41, 5.74) is 23.8. The van der Waals surface area contributed by atoms with Crippen molar-refractivity contribution in [2.45, 2.75) is 77.0 Å². The molecular weight excluding hydrogens is 813 g/mol. The van der Waals surface area contributed by atoms with Crippen LogP contribution in [0.15, 0.2) is 170 Å². The first-order chi connectivity index (χ1) is 32.3. The molecule has 1 aromatic heterocycles. The molecule has 9 aromatic rings. The molecule has 4 aliphatic rings. The summed E-state index contributed by atoms with van der Waals surface area (Å²) >= 11 is 0. The minimum atomic E-state index is -0.209. The summed E-state index contributed by atoms with van der Waals surface area (Å²) in [5, 5.41) is 0. The van der Waals surface area contributed by atoms with E-state index in [4.69, 9.17) is 15.0 Å². The molecule has 0 saturated heterocycles. The highest BCUT2D eigenvalue weighted by molar-refractivity contribution is 6.00. The van der Waals surface area contributed by atoms with Crippen molar-refractivity contribution in [2.75, 3.05) is 4.90 Å². The molecule has 13 rings (SSSR count). The van der Waals surface area contributed by atoms with Gasteiger partial charge in [0, 0.05) is 43.9 Å². The van der Waals surface area contributed by atoms with E-state index in [0.717, 1.165) is 22.5 Å². The van der Waals surface area contributed by atoms with Crippen LogP contribution < -0.4 is 4.90 Å². The van der Waals surface area contributed by atoms with Gasteiger partial charge in [-0.3, -0.25) is 4.90 Å². The number of hydrogen-bond acceptors (Lipinski definition) is 4. The van der Waals surface area contributed by atoms with Gasteiger partial charge >= 0.3 is 0 Å². The smallest absolute Gasteiger partial charge is 0.238 e. The van der Waals surface area contributed by atoms with Crippen LogP contribution in [0.2, 0.25) is 0 Å². The molecule has 324 valence electrons. The van der Waals surface area contributed by atoms with Crippen molar-refractivity contribution in [2.24, 2.45) is 0 Å². The summed E-state index contributed by atoms with van der Waals surface area (Å²) in [6.07, 6.45) is 0. The highest BCUT2D eigenvalue weighted by Gasteiger charge is 2.42. The van der Waals surface area contributed by atoms with Crippen LogP contribution in [-0.2, 0) is 21.7 Å². The lowest BCUT2D eigenvalue weighted by atomic mass is 9.82. The summed E-state index contributed by atoms with van der Waals surface area (Å²) in [5.74, 6) is 1.85. The van der Waals surface area contributed by atoms with E-state index in [-0.39, 0.29) is 21.7 Å². The number of benzene rings is 8. The van der Waals surface area contributed by atoms with Crippen LogP contribution in [0, 0.1) is 0 Å². The molecule has 0 atom stereocenters. The molecule has 8 aromatic carbocycles. The molecule has 0 radical (unpaired) electrons. The van der Waals surface area contributed by atoms with E-state index in [1.54, 1.807) is 0 Å². The molecule has 0 saturated carbocycles. The topological polar surface area (TPSA) is 41.9 Å². The van der Waals surface area contributed by atoms with Crippen LogP contribution in [-0.4, -0.2) is 15.0 Å². The Bertz CT molecular complexity index is 3370. The third-order valence-electron chi connectivity index (χ3n) is 16.2. The Labute approximate surface area is 394 Å². The van der Waals surface area contributed by atoms with Crippen LogP contribution in [0.4, 0.5) is 17.3 Å². The van der Waals surface area contributed by atoms with Crippen LogP contribution in [0.5, 0.6) is 0 Å². The Morgan fingerprint density at radius 1 is 0.299 bits per heavy atom. The number of fused-ring (bicyclic) bond motifs is 12. The fourth-order valence-corrected chi connectivity index (χ4v) is 12.6. The normalized spacial score (nSPS) is 16.2. The maximum Gasteiger partial charge on any atom is 0.238 e. The van der Waals surface area contributed by atoms with Gasteiger partial charge in [0.25, 0.3) is 0 Å². The highest BCUT2D eigenvalue weighted by Crippen LogP contribution is 2.58. The maximum atomic E-state index is 5.67. The molecule has 4 heteroatoms. The Morgan fingerprint density at radius 2 is 0.627 bits per heavy atom. The van der Waals surface area contributed by atoms with E-state index in [1.165, 1.54) is 89.0 Å². The molecule has 0 spiro atoms. The lowest BCUT2D eigenvalue weighted by molar-refractivity contribution is 0.660. The van der Waals surface area contributed by atoms with Crippen LogP contribution in [0.3, 0.4) is 0 Å². The third kappa shape index (κ3) is 5.38. The summed E-state index contributed by atoms with van der Waals surface area (Å²) in [6.45, 7) is 18.7. The van der Waals surface area contributed by atoms with Crippen LogP contribution in [0.25, 0.3) is 67.3 Å². The molecular formula is C63H52N4. The fourth-order valence-electron chi connectivity index (χ4n) is 12.6. The Kier molecular flexibility index (Phi) is 8.08. The van der Waals surface area contributed by atoms with Crippen molar-refractivity contribution in [3.8, 4) is 67.3 Å². The second kappa shape index (κ2) is 13.6. The fraction of sp³-hybridized carbons (Fsp3) is 0.190. The molecule has 4 nitrogen and oxygen atoms in total. The van der Waals surface area contributed by atoms with E-state index >= 15 is 0 Å². The number of rotatable bonds is 5. The second-order valence-electron chi connectivity index (χ2n) is 21.2. The van der Waals surface area contributed by atoms with Gasteiger partial charge in [0.15, 0.2) is 11.6 Å². The quantitative estimate of drug-likeness (QED) is 0.173. The minimum Gasteiger partial charge on any atom is -0.278 e. The minimum absolute atomic E-state index is 0.124. The van der Waals surface area contributed by atoms with Gasteiger partial charge in [-0.05, 0) is 102 Å². The summed E-state index contributed by atoms with van der Waals surface area (Å²) in [4.78, 5) is 19.2. The Balaban J connectivity index is 1.12. The van der Waals surface area contributed by atoms with Gasteiger partial charge in [-0.1, -0.05) is 201 Å². The van der Waals surface area contributed by atoms with Crippen molar-refractivity contribution >= 4 is 17.3 Å². The number of nitrogens with zero attached hydrogens (tertiary/aromatic N) is 4. The zero-order valence-electron chi connectivity index (χ0n) is 39.5. The highest BCUT2D eigenvalue weighted by atomic mass is 15.3. The van der Waals surface area contributed by atoms with Gasteiger partial charge in [0.05, 0.1) is 11.4 Å². The van der Waals surface area contributed by atoms with E-state index in [9.17, 15) is 0 Å². The van der Waals surface area contributed by atoms with Gasteiger partial charge in [-0.2, -0.15) is 9.97 Å². The Hall–Kier alpha value is -7.43. The van der Waals surface area contributed by atoms with Gasteiger partial charge in [0.1, 0.15) is 0 Å². The standard InChI is InChI=1S/C63H52N4/c1-60(2)45-23-13-9-19-39(45)43-35-37(31-33-49(43)60)57-64-58(38-32-34-50-44(36-38)40-20-10-14-24-46(40)61(50,3)4)66-59(65-57)67(53-29-17-27-51-55(53)41-21-11-15-25-47(41)62(51,5)6)54-30-18-28-52-56(54)42-22-12-16-26-48(42)63(52,7)8/h9-36H,1-8H3. The molecule has 1 heterocycles. The lowest BCUT2D eigenvalue weighted by Crippen LogP contribution is -2.19. The maximum absolute atomic E-state index is 5.67. The predicted octanol–water partition coefficient (Wildman–Crippen LogP) is 15.9. The summed E-state index contributed by atoms with van der Waals surface area (Å²) in [7, 11) is 0. The van der Waals surface area contributed by atoms with Gasteiger partial charge in [0.2, 0.25) is 5.95 Å². The van der Waals surface area contributed by atoms with E-state index < -0.39 is 0 Å². The Morgan fingerprint density at radius 3 is 1.04 bits per heavy atom. The summed E-state index contributed by atoms with van der Waals surface area (Å²) in [6, 6.07) is 62.8. The van der Waals surface area contributed by atoms with Gasteiger partial charge in [-0.25, -0.2) is 4.98 Å². The number of anilines is 3. The van der Waals surface area contributed by atoms with Crippen LogP contribution >= 0.6 is 0 Å². The molecule has 67 heavy (non-hydrogen) atoms. The first-order valence-electron chi connectivity index (χ1n) is 23.8. The van der Waals surface area contributed by atoms with E-state index in [1.807, 2.05) is 0 Å². The zero-order valence-corrected chi connectivity index (χ0v) is 39.5. The largest absolute Gasteiger partial charge is 0.278 e. The van der Waals surface area contributed by atoms with Gasteiger partial charge < -0.3 is 0 Å². The van der Waals surface area contributed by atoms with E-state index in [2.05, 4.69) is 230 Å². The lowest BCUT2D eigenvalue weighted by Gasteiger charge is -2.30. The molecule has 0 unspecified atom stereocenters. The molecule has 4 aliphatic carbocycles. The van der Waals surface area contributed by atoms with Crippen molar-refractivity contribution < 1.29 is 0 Å². The van der Waals surface area contributed by atoms with E-state index in [0.29, 0.717) is 17.6 Å². The monoisotopic (exact) mass is 864 g/mol. The first kappa shape index (κ1) is 39.9. The third-order valence-corrected chi connectivity index (χ3v) is 16.2. The van der Waals surface area contributed by atoms with Crippen molar-refractivity contribution in [3.63, 3.8) is 0 Å². The first-order valence-corrected chi connectivity index (χ1v) is 23.8.